The van der Waals surface area contributed by atoms with Crippen molar-refractivity contribution < 1.29 is 9.59 Å². The Bertz CT molecular complexity index is 903. The van der Waals surface area contributed by atoms with Gasteiger partial charge in [-0.05, 0) is 37.7 Å². The number of aromatic nitrogens is 2. The largest absolute Gasteiger partial charge is 0.326 e. The molecule has 2 N–H and O–H groups in total. The van der Waals surface area contributed by atoms with Gasteiger partial charge in [-0.15, -0.1) is 0 Å². The van der Waals surface area contributed by atoms with Crippen molar-refractivity contribution in [3.05, 3.63) is 50.5 Å². The molecule has 0 atom stereocenters. The maximum absolute atomic E-state index is 12.5. The lowest BCUT2D eigenvalue weighted by Gasteiger charge is -2.19. The number of amides is 3. The molecule has 0 unspecified atom stereocenters. The molecule has 7 nitrogen and oxygen atoms in total. The van der Waals surface area contributed by atoms with Crippen molar-refractivity contribution in [3.63, 3.8) is 0 Å². The minimum absolute atomic E-state index is 0.0297. The number of nitrogens with zero attached hydrogens (tertiary/aromatic N) is 3. The van der Waals surface area contributed by atoms with E-state index in [2.05, 4.69) is 20.6 Å². The van der Waals surface area contributed by atoms with E-state index in [1.54, 1.807) is 6.20 Å². The third-order valence-electron chi connectivity index (χ3n) is 3.70. The molecule has 0 fully saturated rings. The van der Waals surface area contributed by atoms with Crippen LogP contribution in [-0.2, 0) is 6.54 Å². The molecule has 2 aromatic heterocycles. The van der Waals surface area contributed by atoms with E-state index in [1.165, 1.54) is 6.07 Å². The normalized spacial score (nSPS) is 11.0. The summed E-state index contributed by atoms with van der Waals surface area (Å²) >= 11 is 17.6. The summed E-state index contributed by atoms with van der Waals surface area (Å²) in [6.45, 7) is 4.53. The molecule has 2 rings (SSSR count). The lowest BCUT2D eigenvalue weighted by Crippen LogP contribution is -2.35. The van der Waals surface area contributed by atoms with Crippen LogP contribution in [0.3, 0.4) is 0 Å². The molecular formula is C18H20Cl3N5O2. The number of carbonyl (C=O) groups excluding carboxylic acids is 2. The quantitative estimate of drug-likeness (QED) is 0.659. The highest BCUT2D eigenvalue weighted by Gasteiger charge is 2.20. The van der Waals surface area contributed by atoms with Gasteiger partial charge in [-0.2, -0.15) is 0 Å². The van der Waals surface area contributed by atoms with Gasteiger partial charge in [0.25, 0.3) is 5.91 Å². The van der Waals surface area contributed by atoms with Crippen LogP contribution < -0.4 is 10.6 Å². The highest BCUT2D eigenvalue weighted by molar-refractivity contribution is 6.42. The molecule has 0 spiro atoms. The molecule has 150 valence electrons. The average molecular weight is 445 g/mol. The van der Waals surface area contributed by atoms with E-state index in [-0.39, 0.29) is 26.8 Å². The van der Waals surface area contributed by atoms with Gasteiger partial charge in [0.05, 0.1) is 22.0 Å². The first-order valence-corrected chi connectivity index (χ1v) is 9.50. The number of nitrogens with one attached hydrogen (secondary N) is 2. The van der Waals surface area contributed by atoms with Crippen LogP contribution in [0.2, 0.25) is 15.3 Å². The van der Waals surface area contributed by atoms with E-state index < -0.39 is 11.9 Å². The highest BCUT2D eigenvalue weighted by atomic mass is 35.5. The molecule has 0 aliphatic rings. The fraction of sp³-hybridized carbons (Fsp3) is 0.333. The molecule has 0 saturated heterocycles. The van der Waals surface area contributed by atoms with Crippen molar-refractivity contribution in [1.29, 1.82) is 0 Å². The predicted octanol–water partition coefficient (Wildman–Crippen LogP) is 4.58. The lowest BCUT2D eigenvalue weighted by atomic mass is 10.0. The second-order valence-corrected chi connectivity index (χ2v) is 7.75. The molecule has 0 aromatic carbocycles. The minimum Gasteiger partial charge on any atom is -0.306 e. The number of halogens is 3. The van der Waals surface area contributed by atoms with Gasteiger partial charge in [0, 0.05) is 12.7 Å². The Labute approximate surface area is 178 Å². The van der Waals surface area contributed by atoms with E-state index in [0.717, 1.165) is 11.3 Å². The van der Waals surface area contributed by atoms with Gasteiger partial charge in [-0.3, -0.25) is 15.1 Å². The summed E-state index contributed by atoms with van der Waals surface area (Å²) in [5, 5.41) is 4.82. The summed E-state index contributed by atoms with van der Waals surface area (Å²) in [6.07, 6.45) is 1.70. The zero-order chi connectivity index (χ0) is 21.0. The monoisotopic (exact) mass is 443 g/mol. The third kappa shape index (κ3) is 5.54. The van der Waals surface area contributed by atoms with E-state index in [4.69, 9.17) is 34.8 Å². The van der Waals surface area contributed by atoms with Gasteiger partial charge in [-0.1, -0.05) is 48.7 Å². The van der Waals surface area contributed by atoms with Gasteiger partial charge in [0.1, 0.15) is 10.3 Å². The van der Waals surface area contributed by atoms with E-state index in [9.17, 15) is 9.59 Å². The molecular weight excluding hydrogens is 425 g/mol. The molecule has 3 amide bonds. The first kappa shape index (κ1) is 22.4. The van der Waals surface area contributed by atoms with E-state index >= 15 is 0 Å². The number of carbonyl (C=O) groups is 2. The molecule has 0 aliphatic carbocycles. The van der Waals surface area contributed by atoms with Crippen LogP contribution in [-0.4, -0.2) is 40.9 Å². The zero-order valence-corrected chi connectivity index (χ0v) is 18.1. The van der Waals surface area contributed by atoms with Crippen molar-refractivity contribution in [2.45, 2.75) is 26.3 Å². The molecule has 0 bridgehead atoms. The Balaban J connectivity index is 2.25. The number of pyridine rings is 2. The van der Waals surface area contributed by atoms with Crippen molar-refractivity contribution in [2.24, 2.45) is 0 Å². The number of rotatable bonds is 5. The number of hydrogen-bond acceptors (Lipinski definition) is 5. The second-order valence-electron chi connectivity index (χ2n) is 6.63. The van der Waals surface area contributed by atoms with Crippen LogP contribution in [0.15, 0.2) is 18.3 Å². The Kier molecular flexibility index (Phi) is 7.60. The van der Waals surface area contributed by atoms with Gasteiger partial charge in [-0.25, -0.2) is 9.78 Å². The summed E-state index contributed by atoms with van der Waals surface area (Å²) < 4.78 is 0. The summed E-state index contributed by atoms with van der Waals surface area (Å²) in [4.78, 5) is 34.9. The van der Waals surface area contributed by atoms with Crippen LogP contribution in [0.4, 0.5) is 10.5 Å². The van der Waals surface area contributed by atoms with Crippen molar-refractivity contribution in [3.8, 4) is 0 Å². The van der Waals surface area contributed by atoms with Crippen molar-refractivity contribution >= 4 is 52.4 Å². The topological polar surface area (TPSA) is 87.2 Å². The summed E-state index contributed by atoms with van der Waals surface area (Å²) in [6, 6.07) is 2.36. The van der Waals surface area contributed by atoms with Crippen molar-refractivity contribution in [2.75, 3.05) is 19.4 Å². The number of urea groups is 1. The zero-order valence-electron chi connectivity index (χ0n) is 15.8. The van der Waals surface area contributed by atoms with Crippen LogP contribution >= 0.6 is 34.8 Å². The standard InChI is InChI=1S/C18H20Cl3N5O2/c1-9(2)13-14(10(5-6-22-13)8-26(3)4)23-18(28)25-17(27)11-7-12(19)16(21)24-15(11)20/h5-7,9H,8H2,1-4H3,(H2,23,25,27,28). The van der Waals surface area contributed by atoms with Gasteiger partial charge < -0.3 is 10.2 Å². The van der Waals surface area contributed by atoms with E-state index in [0.29, 0.717) is 12.2 Å². The SMILES string of the molecule is CC(C)c1nccc(CN(C)C)c1NC(=O)NC(=O)c1cc(Cl)c(Cl)nc1Cl. The summed E-state index contributed by atoms with van der Waals surface area (Å²) in [5.41, 5.74) is 2.10. The fourth-order valence-electron chi connectivity index (χ4n) is 2.49. The van der Waals surface area contributed by atoms with Crippen molar-refractivity contribution in [1.82, 2.24) is 20.2 Å². The minimum atomic E-state index is -0.752. The average Bonchev–Trinajstić information content (AvgIpc) is 2.58. The lowest BCUT2D eigenvalue weighted by molar-refractivity contribution is 0.0967. The Morgan fingerprint density at radius 2 is 1.86 bits per heavy atom. The highest BCUT2D eigenvalue weighted by Crippen LogP contribution is 2.27. The summed E-state index contributed by atoms with van der Waals surface area (Å²) in [7, 11) is 3.84. The fourth-order valence-corrected chi connectivity index (χ4v) is 3.05. The first-order valence-electron chi connectivity index (χ1n) is 8.36. The first-order chi connectivity index (χ1) is 13.1. The molecule has 0 aliphatic heterocycles. The molecule has 10 heteroatoms. The van der Waals surface area contributed by atoms with E-state index in [1.807, 2.05) is 38.9 Å². The van der Waals surface area contributed by atoms with Crippen LogP contribution in [0, 0.1) is 0 Å². The van der Waals surface area contributed by atoms with Crippen LogP contribution in [0.1, 0.15) is 41.4 Å². The molecule has 2 aromatic rings. The number of imide groups is 1. The Morgan fingerprint density at radius 3 is 2.46 bits per heavy atom. The molecule has 2 heterocycles. The predicted molar refractivity (Wildman–Crippen MR) is 111 cm³/mol. The smallest absolute Gasteiger partial charge is 0.306 e. The van der Waals surface area contributed by atoms with Crippen LogP contribution in [0.5, 0.6) is 0 Å². The second kappa shape index (κ2) is 9.52. The Morgan fingerprint density at radius 1 is 1.18 bits per heavy atom. The molecule has 0 radical (unpaired) electrons. The van der Waals surface area contributed by atoms with Gasteiger partial charge in [0.15, 0.2) is 0 Å². The number of hydrogen-bond donors (Lipinski definition) is 2. The van der Waals surface area contributed by atoms with Gasteiger partial charge in [0.2, 0.25) is 0 Å². The third-order valence-corrected chi connectivity index (χ3v) is 4.66. The maximum atomic E-state index is 12.5. The molecule has 28 heavy (non-hydrogen) atoms. The summed E-state index contributed by atoms with van der Waals surface area (Å²) in [5.74, 6) is -0.681. The van der Waals surface area contributed by atoms with Gasteiger partial charge >= 0.3 is 6.03 Å². The molecule has 0 saturated carbocycles. The van der Waals surface area contributed by atoms with Crippen LogP contribution in [0.25, 0.3) is 0 Å². The number of anilines is 1. The maximum Gasteiger partial charge on any atom is 0.326 e. The Hall–Kier alpha value is -1.93.